The molecule has 0 saturated heterocycles. The normalized spacial score (nSPS) is 10.4. The zero-order valence-corrected chi connectivity index (χ0v) is 8.74. The Labute approximate surface area is 95.1 Å². The van der Waals surface area contributed by atoms with Gasteiger partial charge < -0.3 is 9.52 Å². The van der Waals surface area contributed by atoms with Gasteiger partial charge in [-0.1, -0.05) is 0 Å². The molecule has 0 amide bonds. The van der Waals surface area contributed by atoms with E-state index in [1.807, 2.05) is 0 Å². The molecule has 0 saturated carbocycles. The third kappa shape index (κ3) is 1.92. The summed E-state index contributed by atoms with van der Waals surface area (Å²) >= 11 is 3.90. The molecule has 0 atom stereocenters. The van der Waals surface area contributed by atoms with Crippen LogP contribution in [-0.2, 0) is 0 Å². The molecule has 2 aromatic rings. The molecule has 0 fully saturated rings. The summed E-state index contributed by atoms with van der Waals surface area (Å²) in [6.07, 6.45) is 1.31. The highest BCUT2D eigenvalue weighted by molar-refractivity contribution is 7.80. The summed E-state index contributed by atoms with van der Waals surface area (Å²) in [5.41, 5.74) is 0.0179. The number of aromatic nitrogens is 1. The van der Waals surface area contributed by atoms with Gasteiger partial charge in [0.2, 0.25) is 5.89 Å². The lowest BCUT2D eigenvalue weighted by atomic mass is 10.1. The van der Waals surface area contributed by atoms with Crippen molar-refractivity contribution in [3.8, 4) is 11.5 Å². The molecule has 6 heteroatoms. The van der Waals surface area contributed by atoms with Crippen molar-refractivity contribution >= 4 is 18.6 Å². The lowest BCUT2D eigenvalue weighted by Crippen LogP contribution is -2.00. The summed E-state index contributed by atoms with van der Waals surface area (Å²) in [6.45, 7) is 0. The Bertz CT molecular complexity index is 553. The number of carboxylic acid groups (broad SMARTS) is 1. The Morgan fingerprint density at radius 2 is 2.25 bits per heavy atom. The van der Waals surface area contributed by atoms with E-state index in [1.54, 1.807) is 0 Å². The number of nitrogens with zero attached hydrogens (tertiary/aromatic N) is 1. The van der Waals surface area contributed by atoms with E-state index in [2.05, 4.69) is 17.6 Å². The van der Waals surface area contributed by atoms with E-state index in [1.165, 1.54) is 6.20 Å². The monoisotopic (exact) mass is 239 g/mol. The number of halogens is 1. The topological polar surface area (TPSA) is 63.3 Å². The van der Waals surface area contributed by atoms with Gasteiger partial charge in [0, 0.05) is 0 Å². The molecule has 16 heavy (non-hydrogen) atoms. The number of benzene rings is 1. The molecule has 82 valence electrons. The lowest BCUT2D eigenvalue weighted by Gasteiger charge is -2.01. The predicted molar refractivity (Wildman–Crippen MR) is 56.1 cm³/mol. The highest BCUT2D eigenvalue weighted by Gasteiger charge is 2.16. The van der Waals surface area contributed by atoms with E-state index < -0.39 is 11.8 Å². The van der Waals surface area contributed by atoms with Gasteiger partial charge in [-0.25, -0.2) is 14.2 Å². The third-order valence-electron chi connectivity index (χ3n) is 1.94. The molecule has 0 aliphatic carbocycles. The van der Waals surface area contributed by atoms with E-state index in [0.717, 1.165) is 18.2 Å². The highest BCUT2D eigenvalue weighted by atomic mass is 32.1. The summed E-state index contributed by atoms with van der Waals surface area (Å²) < 4.78 is 18.1. The maximum atomic E-state index is 13.0. The van der Waals surface area contributed by atoms with Crippen LogP contribution in [0.3, 0.4) is 0 Å². The molecule has 1 N–H and O–H groups in total. The quantitative estimate of drug-likeness (QED) is 0.790. The first-order valence-corrected chi connectivity index (χ1v) is 4.70. The van der Waals surface area contributed by atoms with Gasteiger partial charge in [0.1, 0.15) is 5.82 Å². The van der Waals surface area contributed by atoms with Crippen LogP contribution in [-0.4, -0.2) is 16.1 Å². The lowest BCUT2D eigenvalue weighted by molar-refractivity contribution is 0.0697. The first kappa shape index (κ1) is 10.7. The summed E-state index contributed by atoms with van der Waals surface area (Å²) in [5.74, 6) is -1.70. The minimum absolute atomic E-state index is 0.0295. The molecule has 0 unspecified atom stereocenters. The number of aromatic carboxylic acids is 1. The minimum Gasteiger partial charge on any atom is -0.478 e. The van der Waals surface area contributed by atoms with E-state index in [0.29, 0.717) is 0 Å². The van der Waals surface area contributed by atoms with Gasteiger partial charge in [0.05, 0.1) is 17.3 Å². The zero-order chi connectivity index (χ0) is 11.7. The Hall–Kier alpha value is -1.82. The van der Waals surface area contributed by atoms with Crippen LogP contribution in [0.2, 0.25) is 0 Å². The Balaban J connectivity index is 2.62. The van der Waals surface area contributed by atoms with Crippen LogP contribution in [0.5, 0.6) is 0 Å². The molecular formula is C10H6FNO3S. The van der Waals surface area contributed by atoms with Gasteiger partial charge >= 0.3 is 5.97 Å². The van der Waals surface area contributed by atoms with Crippen LogP contribution in [0.25, 0.3) is 11.5 Å². The zero-order valence-electron chi connectivity index (χ0n) is 7.85. The largest absolute Gasteiger partial charge is 0.478 e. The first-order valence-electron chi connectivity index (χ1n) is 4.26. The van der Waals surface area contributed by atoms with Crippen LogP contribution in [0.4, 0.5) is 4.39 Å². The third-order valence-corrected chi connectivity index (χ3v) is 2.14. The Morgan fingerprint density at radius 3 is 2.81 bits per heavy atom. The molecule has 0 spiro atoms. The van der Waals surface area contributed by atoms with Crippen molar-refractivity contribution in [3.63, 3.8) is 0 Å². The molecule has 0 aliphatic heterocycles. The molecule has 1 aromatic carbocycles. The number of carbonyl (C=O) groups is 1. The maximum absolute atomic E-state index is 13.0. The fraction of sp³-hybridized carbons (Fsp3) is 0. The van der Waals surface area contributed by atoms with Crippen molar-refractivity contribution in [1.29, 1.82) is 0 Å². The van der Waals surface area contributed by atoms with Crippen molar-refractivity contribution in [2.45, 2.75) is 5.09 Å². The van der Waals surface area contributed by atoms with Crippen LogP contribution >= 0.6 is 12.6 Å². The highest BCUT2D eigenvalue weighted by Crippen LogP contribution is 2.25. The van der Waals surface area contributed by atoms with Gasteiger partial charge in [0.25, 0.3) is 0 Å². The van der Waals surface area contributed by atoms with E-state index in [-0.39, 0.29) is 22.1 Å². The van der Waals surface area contributed by atoms with Gasteiger partial charge in [-0.3, -0.25) is 0 Å². The summed E-state index contributed by atoms with van der Waals surface area (Å²) in [4.78, 5) is 14.7. The van der Waals surface area contributed by atoms with Gasteiger partial charge in [-0.05, 0) is 18.2 Å². The summed E-state index contributed by atoms with van der Waals surface area (Å²) in [5, 5.41) is 9.15. The van der Waals surface area contributed by atoms with Crippen molar-refractivity contribution in [2.24, 2.45) is 0 Å². The standard InChI is InChI=1S/C10H6FNO3S/c11-5-1-2-6(10(13)14)7(3-5)9-12-4-8(16)15-9/h1-4,16H,(H,13,14). The van der Waals surface area contributed by atoms with E-state index in [4.69, 9.17) is 9.52 Å². The smallest absolute Gasteiger partial charge is 0.336 e. The van der Waals surface area contributed by atoms with Crippen LogP contribution in [0.1, 0.15) is 10.4 Å². The minimum atomic E-state index is -1.17. The molecular weight excluding hydrogens is 233 g/mol. The van der Waals surface area contributed by atoms with Gasteiger partial charge in [0.15, 0.2) is 5.09 Å². The summed E-state index contributed by atoms with van der Waals surface area (Å²) in [6, 6.07) is 3.29. The summed E-state index contributed by atoms with van der Waals surface area (Å²) in [7, 11) is 0. The van der Waals surface area contributed by atoms with Crippen LogP contribution < -0.4 is 0 Å². The molecule has 1 heterocycles. The number of rotatable bonds is 2. The molecule has 4 nitrogen and oxygen atoms in total. The maximum Gasteiger partial charge on any atom is 0.336 e. The second-order valence-corrected chi connectivity index (χ2v) is 3.44. The number of oxazole rings is 1. The molecule has 0 aliphatic rings. The number of hydrogen-bond acceptors (Lipinski definition) is 4. The number of hydrogen-bond donors (Lipinski definition) is 2. The van der Waals surface area contributed by atoms with Crippen LogP contribution in [0, 0.1) is 5.82 Å². The molecule has 2 rings (SSSR count). The molecule has 0 radical (unpaired) electrons. The van der Waals surface area contributed by atoms with Gasteiger partial charge in [-0.2, -0.15) is 0 Å². The van der Waals surface area contributed by atoms with Crippen molar-refractivity contribution in [1.82, 2.24) is 4.98 Å². The average molecular weight is 239 g/mol. The van der Waals surface area contributed by atoms with E-state index in [9.17, 15) is 9.18 Å². The predicted octanol–water partition coefficient (Wildman–Crippen LogP) is 2.47. The van der Waals surface area contributed by atoms with Gasteiger partial charge in [-0.15, -0.1) is 12.6 Å². The second kappa shape index (κ2) is 3.97. The second-order valence-electron chi connectivity index (χ2n) is 3.00. The fourth-order valence-corrected chi connectivity index (χ4v) is 1.41. The average Bonchev–Trinajstić information content (AvgIpc) is 2.64. The molecule has 1 aromatic heterocycles. The van der Waals surface area contributed by atoms with Crippen molar-refractivity contribution in [2.75, 3.05) is 0 Å². The molecule has 0 bridgehead atoms. The van der Waals surface area contributed by atoms with Crippen molar-refractivity contribution < 1.29 is 18.7 Å². The van der Waals surface area contributed by atoms with Crippen molar-refractivity contribution in [3.05, 3.63) is 35.8 Å². The fourth-order valence-electron chi connectivity index (χ4n) is 1.27. The Morgan fingerprint density at radius 1 is 1.50 bits per heavy atom. The number of carboxylic acids is 1. The number of thiol groups is 1. The first-order chi connectivity index (χ1) is 7.58. The van der Waals surface area contributed by atoms with E-state index >= 15 is 0 Å². The van der Waals surface area contributed by atoms with Crippen LogP contribution in [0.15, 0.2) is 33.9 Å². The SMILES string of the molecule is O=C(O)c1ccc(F)cc1-c1ncc(S)o1. The Kier molecular flexibility index (Phi) is 2.66.